The number of hydrogen-bond donors (Lipinski definition) is 2. The number of aromatic nitrogens is 2. The number of carbonyl (C=O) groups excluding carboxylic acids is 2. The van der Waals surface area contributed by atoms with E-state index in [1.165, 1.54) is 0 Å². The van der Waals surface area contributed by atoms with Gasteiger partial charge < -0.3 is 10.6 Å². The van der Waals surface area contributed by atoms with E-state index in [1.54, 1.807) is 18.2 Å². The van der Waals surface area contributed by atoms with E-state index >= 15 is 0 Å². The van der Waals surface area contributed by atoms with Crippen LogP contribution in [0.5, 0.6) is 0 Å². The maximum atomic E-state index is 12.1. The van der Waals surface area contributed by atoms with Crippen molar-refractivity contribution in [3.8, 4) is 0 Å². The molecule has 122 valence electrons. The predicted molar refractivity (Wildman–Crippen MR) is 89.3 cm³/mol. The van der Waals surface area contributed by atoms with Gasteiger partial charge in [-0.25, -0.2) is 9.97 Å². The molecule has 1 heterocycles. The van der Waals surface area contributed by atoms with E-state index in [1.807, 2.05) is 20.8 Å². The average molecular weight is 314 g/mol. The number of amides is 2. The van der Waals surface area contributed by atoms with Gasteiger partial charge >= 0.3 is 0 Å². The molecule has 0 unspecified atom stereocenters. The SMILES string of the molecule is CCCC(=O)NCCNC(=O)c1ccc2nc(C)c(C)nc2c1. The van der Waals surface area contributed by atoms with Crippen molar-refractivity contribution in [2.45, 2.75) is 33.6 Å². The van der Waals surface area contributed by atoms with Crippen LogP contribution in [0, 0.1) is 13.8 Å². The number of nitrogens with zero attached hydrogens (tertiary/aromatic N) is 2. The maximum absolute atomic E-state index is 12.1. The third-order valence-corrected chi connectivity index (χ3v) is 3.55. The lowest BCUT2D eigenvalue weighted by Gasteiger charge is -2.08. The Kier molecular flexibility index (Phi) is 5.62. The summed E-state index contributed by atoms with van der Waals surface area (Å²) in [6, 6.07) is 5.27. The summed E-state index contributed by atoms with van der Waals surface area (Å²) in [7, 11) is 0. The Labute approximate surface area is 135 Å². The minimum absolute atomic E-state index is 0.00794. The first-order valence-corrected chi connectivity index (χ1v) is 7.81. The zero-order valence-electron chi connectivity index (χ0n) is 13.8. The van der Waals surface area contributed by atoms with Crippen LogP contribution < -0.4 is 10.6 Å². The smallest absolute Gasteiger partial charge is 0.251 e. The molecule has 0 saturated carbocycles. The van der Waals surface area contributed by atoms with Gasteiger partial charge in [-0.3, -0.25) is 9.59 Å². The highest BCUT2D eigenvalue weighted by Crippen LogP contribution is 2.14. The summed E-state index contributed by atoms with van der Waals surface area (Å²) >= 11 is 0. The van der Waals surface area contributed by atoms with Crippen LogP contribution in [0.25, 0.3) is 11.0 Å². The van der Waals surface area contributed by atoms with Crippen molar-refractivity contribution in [2.24, 2.45) is 0 Å². The highest BCUT2D eigenvalue weighted by atomic mass is 16.2. The molecule has 0 fully saturated rings. The number of hydrogen-bond acceptors (Lipinski definition) is 4. The van der Waals surface area contributed by atoms with E-state index in [0.717, 1.165) is 23.3 Å². The fourth-order valence-electron chi connectivity index (χ4n) is 2.17. The van der Waals surface area contributed by atoms with Crippen molar-refractivity contribution < 1.29 is 9.59 Å². The van der Waals surface area contributed by atoms with Gasteiger partial charge in [0.25, 0.3) is 5.91 Å². The summed E-state index contributed by atoms with van der Waals surface area (Å²) in [5, 5.41) is 5.54. The lowest BCUT2D eigenvalue weighted by molar-refractivity contribution is -0.121. The first-order valence-electron chi connectivity index (χ1n) is 7.81. The zero-order chi connectivity index (χ0) is 16.8. The molecule has 6 nitrogen and oxygen atoms in total. The van der Waals surface area contributed by atoms with Crippen LogP contribution in [0.15, 0.2) is 18.2 Å². The molecule has 0 spiro atoms. The Morgan fingerprint density at radius 1 is 1.00 bits per heavy atom. The summed E-state index contributed by atoms with van der Waals surface area (Å²) in [6.07, 6.45) is 1.32. The molecule has 0 saturated heterocycles. The van der Waals surface area contributed by atoms with Gasteiger partial charge in [0, 0.05) is 25.1 Å². The van der Waals surface area contributed by atoms with Gasteiger partial charge in [-0.1, -0.05) is 6.92 Å². The maximum Gasteiger partial charge on any atom is 0.251 e. The van der Waals surface area contributed by atoms with Crippen molar-refractivity contribution in [1.82, 2.24) is 20.6 Å². The molecule has 23 heavy (non-hydrogen) atoms. The Morgan fingerprint density at radius 2 is 1.65 bits per heavy atom. The number of nitrogens with one attached hydrogen (secondary N) is 2. The van der Waals surface area contributed by atoms with E-state index in [-0.39, 0.29) is 11.8 Å². The minimum Gasteiger partial charge on any atom is -0.354 e. The fraction of sp³-hybridized carbons (Fsp3) is 0.412. The van der Waals surface area contributed by atoms with Gasteiger partial charge in [-0.05, 0) is 38.5 Å². The Balaban J connectivity index is 1.96. The van der Waals surface area contributed by atoms with E-state index in [0.29, 0.717) is 30.6 Å². The highest BCUT2D eigenvalue weighted by Gasteiger charge is 2.08. The highest BCUT2D eigenvalue weighted by molar-refractivity contribution is 5.97. The standard InChI is InChI=1S/C17H22N4O2/c1-4-5-16(22)18-8-9-19-17(23)13-6-7-14-15(10-13)21-12(3)11(2)20-14/h6-7,10H,4-5,8-9H2,1-3H3,(H,18,22)(H,19,23). The first kappa shape index (κ1) is 16.9. The molecule has 2 N–H and O–H groups in total. The number of aryl methyl sites for hydroxylation is 2. The second kappa shape index (κ2) is 7.67. The van der Waals surface area contributed by atoms with Gasteiger partial charge in [0.1, 0.15) is 0 Å². The van der Waals surface area contributed by atoms with Crippen LogP contribution in [-0.4, -0.2) is 34.9 Å². The van der Waals surface area contributed by atoms with Gasteiger partial charge in [0.2, 0.25) is 5.91 Å². The lowest BCUT2D eigenvalue weighted by atomic mass is 10.1. The van der Waals surface area contributed by atoms with Crippen LogP contribution in [0.1, 0.15) is 41.5 Å². The fourth-order valence-corrected chi connectivity index (χ4v) is 2.17. The van der Waals surface area contributed by atoms with Gasteiger partial charge in [-0.15, -0.1) is 0 Å². The van der Waals surface area contributed by atoms with Crippen LogP contribution in [0.4, 0.5) is 0 Å². The average Bonchev–Trinajstić information content (AvgIpc) is 2.52. The predicted octanol–water partition coefficient (Wildman–Crippen LogP) is 1.89. The van der Waals surface area contributed by atoms with Crippen molar-refractivity contribution >= 4 is 22.8 Å². The van der Waals surface area contributed by atoms with Crippen LogP contribution in [0.3, 0.4) is 0 Å². The summed E-state index contributed by atoms with van der Waals surface area (Å²) in [5.74, 6) is -0.176. The molecular weight excluding hydrogens is 292 g/mol. The molecule has 6 heteroatoms. The molecule has 2 aromatic rings. The van der Waals surface area contributed by atoms with Crippen LogP contribution in [-0.2, 0) is 4.79 Å². The van der Waals surface area contributed by atoms with Crippen molar-refractivity contribution in [3.05, 3.63) is 35.2 Å². The molecule has 1 aromatic carbocycles. The summed E-state index contributed by atoms with van der Waals surface area (Å²) in [4.78, 5) is 32.4. The Hall–Kier alpha value is -2.50. The van der Waals surface area contributed by atoms with Crippen molar-refractivity contribution in [1.29, 1.82) is 0 Å². The molecular formula is C17H22N4O2. The molecule has 1 aromatic heterocycles. The number of benzene rings is 1. The molecule has 2 rings (SSSR count). The molecule has 0 aliphatic heterocycles. The van der Waals surface area contributed by atoms with E-state index in [9.17, 15) is 9.59 Å². The molecule has 0 atom stereocenters. The van der Waals surface area contributed by atoms with Crippen molar-refractivity contribution in [3.63, 3.8) is 0 Å². The third-order valence-electron chi connectivity index (χ3n) is 3.55. The third kappa shape index (κ3) is 4.48. The van der Waals surface area contributed by atoms with E-state index in [2.05, 4.69) is 20.6 Å². The summed E-state index contributed by atoms with van der Waals surface area (Å²) in [6.45, 7) is 6.58. The second-order valence-corrected chi connectivity index (χ2v) is 5.45. The molecule has 0 aliphatic carbocycles. The number of fused-ring (bicyclic) bond motifs is 1. The second-order valence-electron chi connectivity index (χ2n) is 5.45. The van der Waals surface area contributed by atoms with Crippen LogP contribution >= 0.6 is 0 Å². The topological polar surface area (TPSA) is 84.0 Å². The normalized spacial score (nSPS) is 10.6. The largest absolute Gasteiger partial charge is 0.354 e. The zero-order valence-corrected chi connectivity index (χ0v) is 13.8. The van der Waals surface area contributed by atoms with Crippen molar-refractivity contribution in [2.75, 3.05) is 13.1 Å². The van der Waals surface area contributed by atoms with E-state index < -0.39 is 0 Å². The lowest BCUT2D eigenvalue weighted by Crippen LogP contribution is -2.34. The summed E-state index contributed by atoms with van der Waals surface area (Å²) < 4.78 is 0. The molecule has 2 amide bonds. The first-order chi connectivity index (χ1) is 11.0. The molecule has 0 radical (unpaired) electrons. The van der Waals surface area contributed by atoms with Gasteiger partial charge in [0.05, 0.1) is 22.4 Å². The number of rotatable bonds is 6. The number of carbonyl (C=O) groups is 2. The summed E-state index contributed by atoms with van der Waals surface area (Å²) in [5.41, 5.74) is 3.76. The Bertz CT molecular complexity index is 728. The quantitative estimate of drug-likeness (QED) is 0.798. The minimum atomic E-state index is -0.184. The van der Waals surface area contributed by atoms with Crippen LogP contribution in [0.2, 0.25) is 0 Å². The monoisotopic (exact) mass is 314 g/mol. The Morgan fingerprint density at radius 3 is 2.35 bits per heavy atom. The molecule has 0 bridgehead atoms. The van der Waals surface area contributed by atoms with E-state index in [4.69, 9.17) is 0 Å². The molecule has 0 aliphatic rings. The van der Waals surface area contributed by atoms with Gasteiger partial charge in [0.15, 0.2) is 0 Å². The van der Waals surface area contributed by atoms with Gasteiger partial charge in [-0.2, -0.15) is 0 Å².